The summed E-state index contributed by atoms with van der Waals surface area (Å²) in [4.78, 5) is 0. The maximum atomic E-state index is 13.3. The van der Waals surface area contributed by atoms with Crippen molar-refractivity contribution in [3.05, 3.63) is 53.9 Å². The fourth-order valence-corrected chi connectivity index (χ4v) is 1.15. The van der Waals surface area contributed by atoms with Gasteiger partial charge in [0.2, 0.25) is 0 Å². The molecule has 0 radical (unpaired) electrons. The molecule has 0 bridgehead atoms. The van der Waals surface area contributed by atoms with Crippen molar-refractivity contribution < 1.29 is 8.78 Å². The van der Waals surface area contributed by atoms with Gasteiger partial charge in [0.05, 0.1) is 5.69 Å². The summed E-state index contributed by atoms with van der Waals surface area (Å²) in [6.45, 7) is 5.59. The topological polar surface area (TPSA) is 48.2 Å². The predicted molar refractivity (Wildman–Crippen MR) is 62.6 cm³/mol. The molecular formula is C12H13F2N3. The fourth-order valence-electron chi connectivity index (χ4n) is 1.15. The molecule has 1 aromatic rings. The lowest BCUT2D eigenvalue weighted by atomic mass is 10.2. The molecule has 0 unspecified atom stereocenters. The monoisotopic (exact) mass is 237 g/mol. The number of nitrogens with one attached hydrogen (secondary N) is 2. The summed E-state index contributed by atoms with van der Waals surface area (Å²) >= 11 is 0. The summed E-state index contributed by atoms with van der Waals surface area (Å²) in [6, 6.07) is 3.20. The zero-order valence-electron chi connectivity index (χ0n) is 9.43. The van der Waals surface area contributed by atoms with Crippen LogP contribution in [0.25, 0.3) is 0 Å². The molecule has 0 amide bonds. The van der Waals surface area contributed by atoms with Gasteiger partial charge in [0.15, 0.2) is 0 Å². The van der Waals surface area contributed by atoms with Crippen LogP contribution in [0.4, 0.5) is 14.5 Å². The second-order valence-corrected chi connectivity index (χ2v) is 3.37. The highest BCUT2D eigenvalue weighted by Crippen LogP contribution is 2.17. The van der Waals surface area contributed by atoms with E-state index in [0.29, 0.717) is 17.7 Å². The lowest BCUT2D eigenvalue weighted by molar-refractivity contribution is 0.586. The Kier molecular flexibility index (Phi) is 4.51. The first-order valence-corrected chi connectivity index (χ1v) is 5.05. The van der Waals surface area contributed by atoms with Gasteiger partial charge >= 0.3 is 0 Å². The Hall–Kier alpha value is -2.04. The van der Waals surface area contributed by atoms with Crippen molar-refractivity contribution in [3.8, 4) is 0 Å². The van der Waals surface area contributed by atoms with Gasteiger partial charge in [-0.15, -0.1) is 0 Å². The van der Waals surface area contributed by atoms with Crippen molar-refractivity contribution in [3.63, 3.8) is 0 Å². The van der Waals surface area contributed by atoms with E-state index in [1.165, 1.54) is 12.3 Å². The molecule has 0 saturated heterocycles. The molecule has 2 N–H and O–H groups in total. The van der Waals surface area contributed by atoms with Gasteiger partial charge in [0.25, 0.3) is 0 Å². The number of benzene rings is 1. The highest BCUT2D eigenvalue weighted by atomic mass is 19.1. The quantitative estimate of drug-likeness (QED) is 0.584. The third kappa shape index (κ3) is 3.48. The highest BCUT2D eigenvalue weighted by molar-refractivity contribution is 5.48. The summed E-state index contributed by atoms with van der Waals surface area (Å²) in [5.41, 5.74) is 8.06. The molecule has 0 aliphatic heterocycles. The predicted octanol–water partition coefficient (Wildman–Crippen LogP) is 4.22. The number of allylic oxidation sites excluding steroid dienone is 1. The van der Waals surface area contributed by atoms with E-state index in [2.05, 4.69) is 17.0 Å². The van der Waals surface area contributed by atoms with Crippen LogP contribution in [0, 0.1) is 17.2 Å². The van der Waals surface area contributed by atoms with Crippen LogP contribution in [0.1, 0.15) is 13.3 Å². The van der Waals surface area contributed by atoms with Crippen molar-refractivity contribution in [2.75, 3.05) is 5.32 Å². The van der Waals surface area contributed by atoms with E-state index < -0.39 is 11.6 Å². The SMILES string of the molecule is C=C(CC)/C(=C/Nc1ccc(F)cc1F)N=N. The van der Waals surface area contributed by atoms with Gasteiger partial charge in [0.1, 0.15) is 17.3 Å². The minimum Gasteiger partial charge on any atom is -0.357 e. The van der Waals surface area contributed by atoms with Crippen LogP contribution in [0.3, 0.4) is 0 Å². The van der Waals surface area contributed by atoms with E-state index in [-0.39, 0.29) is 5.69 Å². The average molecular weight is 237 g/mol. The van der Waals surface area contributed by atoms with Gasteiger partial charge < -0.3 is 5.32 Å². The summed E-state index contributed by atoms with van der Waals surface area (Å²) < 4.78 is 25.9. The highest BCUT2D eigenvalue weighted by Gasteiger charge is 2.03. The molecular weight excluding hydrogens is 224 g/mol. The molecule has 0 atom stereocenters. The number of halogens is 2. The number of nitrogens with zero attached hydrogens (tertiary/aromatic N) is 1. The number of anilines is 1. The number of rotatable bonds is 5. The van der Waals surface area contributed by atoms with Gasteiger partial charge in [-0.3, -0.25) is 0 Å². The largest absolute Gasteiger partial charge is 0.357 e. The Balaban J connectivity index is 2.87. The minimum atomic E-state index is -0.701. The smallest absolute Gasteiger partial charge is 0.149 e. The molecule has 3 nitrogen and oxygen atoms in total. The molecule has 1 aromatic carbocycles. The molecule has 0 fully saturated rings. The first kappa shape index (κ1) is 13.0. The van der Waals surface area contributed by atoms with Crippen LogP contribution in [0.15, 0.2) is 47.4 Å². The second kappa shape index (κ2) is 5.89. The Labute approximate surface area is 98.4 Å². The van der Waals surface area contributed by atoms with Crippen molar-refractivity contribution in [1.82, 2.24) is 0 Å². The molecule has 17 heavy (non-hydrogen) atoms. The lowest BCUT2D eigenvalue weighted by Crippen LogP contribution is -1.95. The molecule has 0 saturated carbocycles. The van der Waals surface area contributed by atoms with Crippen molar-refractivity contribution >= 4 is 5.69 Å². The van der Waals surface area contributed by atoms with E-state index in [4.69, 9.17) is 5.53 Å². The summed E-state index contributed by atoms with van der Waals surface area (Å²) in [6.07, 6.45) is 2.01. The third-order valence-corrected chi connectivity index (χ3v) is 2.20. The van der Waals surface area contributed by atoms with Crippen molar-refractivity contribution in [2.45, 2.75) is 13.3 Å². The maximum absolute atomic E-state index is 13.3. The molecule has 0 aliphatic rings. The van der Waals surface area contributed by atoms with Gasteiger partial charge in [-0.1, -0.05) is 13.5 Å². The molecule has 0 spiro atoms. The number of hydrogen-bond acceptors (Lipinski definition) is 3. The number of hydrogen-bond donors (Lipinski definition) is 2. The molecule has 90 valence electrons. The normalized spacial score (nSPS) is 11.1. The Morgan fingerprint density at radius 1 is 1.53 bits per heavy atom. The Morgan fingerprint density at radius 3 is 2.76 bits per heavy atom. The van der Waals surface area contributed by atoms with Crippen molar-refractivity contribution in [2.24, 2.45) is 5.11 Å². The Bertz CT molecular complexity index is 467. The van der Waals surface area contributed by atoms with Crippen LogP contribution in [-0.2, 0) is 0 Å². The molecule has 5 heteroatoms. The third-order valence-electron chi connectivity index (χ3n) is 2.20. The summed E-state index contributed by atoms with van der Waals surface area (Å²) in [5.74, 6) is -1.34. The first-order valence-electron chi connectivity index (χ1n) is 5.05. The van der Waals surface area contributed by atoms with Gasteiger partial charge in [-0.25, -0.2) is 14.3 Å². The molecule has 1 rings (SSSR count). The molecule has 0 aromatic heterocycles. The van der Waals surface area contributed by atoms with Gasteiger partial charge in [-0.05, 0) is 24.1 Å². The molecule has 0 aliphatic carbocycles. The van der Waals surface area contributed by atoms with Crippen LogP contribution < -0.4 is 5.32 Å². The van der Waals surface area contributed by atoms with Crippen molar-refractivity contribution in [1.29, 1.82) is 5.53 Å². The summed E-state index contributed by atoms with van der Waals surface area (Å²) in [7, 11) is 0. The summed E-state index contributed by atoms with van der Waals surface area (Å²) in [5, 5.41) is 5.90. The Morgan fingerprint density at radius 2 is 2.24 bits per heavy atom. The van der Waals surface area contributed by atoms with E-state index in [9.17, 15) is 8.78 Å². The van der Waals surface area contributed by atoms with E-state index in [1.807, 2.05) is 6.92 Å². The maximum Gasteiger partial charge on any atom is 0.149 e. The van der Waals surface area contributed by atoms with E-state index in [1.54, 1.807) is 0 Å². The molecule has 0 heterocycles. The van der Waals surface area contributed by atoms with Gasteiger partial charge in [-0.2, -0.15) is 5.11 Å². The zero-order valence-corrected chi connectivity index (χ0v) is 9.43. The van der Waals surface area contributed by atoms with Crippen LogP contribution in [0.2, 0.25) is 0 Å². The second-order valence-electron chi connectivity index (χ2n) is 3.37. The minimum absolute atomic E-state index is 0.122. The zero-order chi connectivity index (χ0) is 12.8. The first-order chi connectivity index (χ1) is 8.08. The van der Waals surface area contributed by atoms with Gasteiger partial charge in [0, 0.05) is 12.3 Å². The van der Waals surface area contributed by atoms with E-state index >= 15 is 0 Å². The van der Waals surface area contributed by atoms with Crippen LogP contribution >= 0.6 is 0 Å². The van der Waals surface area contributed by atoms with Crippen LogP contribution in [-0.4, -0.2) is 0 Å². The van der Waals surface area contributed by atoms with E-state index in [0.717, 1.165) is 12.1 Å². The fraction of sp³-hybridized carbons (Fsp3) is 0.167. The standard InChI is InChI=1S/C12H13F2N3/c1-3-8(2)12(17-15)7-16-11-5-4-9(13)6-10(11)14/h4-7,15-16H,2-3H2,1H3/b12-7-,17-15?. The lowest BCUT2D eigenvalue weighted by Gasteiger charge is -2.05. The average Bonchev–Trinajstić information content (AvgIpc) is 2.31. The van der Waals surface area contributed by atoms with Crippen LogP contribution in [0.5, 0.6) is 0 Å².